The van der Waals surface area contributed by atoms with Crippen molar-refractivity contribution in [1.82, 2.24) is 9.03 Å². The summed E-state index contributed by atoms with van der Waals surface area (Å²) in [6.45, 7) is 0. The van der Waals surface area contributed by atoms with Crippen LogP contribution in [0.2, 0.25) is 0 Å². The molecule has 70 valence electrons. The maximum Gasteiger partial charge on any atom is 0.263 e. The van der Waals surface area contributed by atoms with Crippen molar-refractivity contribution < 1.29 is 8.42 Å². The topological polar surface area (TPSA) is 49.4 Å². The van der Waals surface area contributed by atoms with Gasteiger partial charge in [0.15, 0.2) is 0 Å². The van der Waals surface area contributed by atoms with Crippen molar-refractivity contribution in [2.75, 3.05) is 0 Å². The van der Waals surface area contributed by atoms with Gasteiger partial charge in [0.1, 0.15) is 4.91 Å². The van der Waals surface area contributed by atoms with Gasteiger partial charge in [-0.05, 0) is 12.2 Å². The van der Waals surface area contributed by atoms with Gasteiger partial charge in [0.2, 0.25) is 0 Å². The Labute approximate surface area is 84.6 Å². The number of hydrogen-bond acceptors (Lipinski definition) is 5. The van der Waals surface area contributed by atoms with Crippen molar-refractivity contribution >= 4 is 31.9 Å². The normalized spacial score (nSPS) is 20.5. The molecule has 0 radical (unpaired) electrons. The average Bonchev–Trinajstić information content (AvgIpc) is 2.48. The molecular weight excluding hydrogens is 232 g/mol. The Balaban J connectivity index is 2.49. The number of rotatable bonds is 1. The SMILES string of the molecule is O=S(=O)(Cl)C1=CC=CN2SNC=C12. The van der Waals surface area contributed by atoms with Crippen LogP contribution in [-0.4, -0.2) is 12.7 Å². The molecule has 0 aromatic heterocycles. The van der Waals surface area contributed by atoms with Crippen LogP contribution in [-0.2, 0) is 9.05 Å². The van der Waals surface area contributed by atoms with Gasteiger partial charge in [0.05, 0.1) is 17.8 Å². The summed E-state index contributed by atoms with van der Waals surface area (Å²) in [6, 6.07) is 0. The van der Waals surface area contributed by atoms with E-state index >= 15 is 0 Å². The van der Waals surface area contributed by atoms with Crippen molar-refractivity contribution in [3.05, 3.63) is 35.2 Å². The lowest BCUT2D eigenvalue weighted by atomic mass is 10.3. The molecule has 0 unspecified atom stereocenters. The minimum Gasteiger partial charge on any atom is -0.316 e. The first-order valence-corrected chi connectivity index (χ1v) is 6.43. The maximum atomic E-state index is 11.1. The van der Waals surface area contributed by atoms with Gasteiger partial charge in [-0.25, -0.2) is 8.42 Å². The third kappa shape index (κ3) is 1.56. The van der Waals surface area contributed by atoms with Crippen molar-refractivity contribution in [1.29, 1.82) is 0 Å². The largest absolute Gasteiger partial charge is 0.316 e. The summed E-state index contributed by atoms with van der Waals surface area (Å²) in [6.07, 6.45) is 6.45. The predicted molar refractivity (Wildman–Crippen MR) is 52.6 cm³/mol. The van der Waals surface area contributed by atoms with Gasteiger partial charge in [-0.1, -0.05) is 0 Å². The molecule has 2 aliphatic heterocycles. The van der Waals surface area contributed by atoms with Gasteiger partial charge in [0.25, 0.3) is 9.05 Å². The van der Waals surface area contributed by atoms with E-state index in [9.17, 15) is 8.42 Å². The Morgan fingerprint density at radius 1 is 1.54 bits per heavy atom. The van der Waals surface area contributed by atoms with E-state index in [1.54, 1.807) is 22.8 Å². The minimum atomic E-state index is -3.66. The van der Waals surface area contributed by atoms with Crippen molar-refractivity contribution in [3.63, 3.8) is 0 Å². The summed E-state index contributed by atoms with van der Waals surface area (Å²) in [5, 5.41) is 0. The van der Waals surface area contributed by atoms with Crippen molar-refractivity contribution in [3.8, 4) is 0 Å². The fourth-order valence-electron chi connectivity index (χ4n) is 1.04. The van der Waals surface area contributed by atoms with Crippen LogP contribution < -0.4 is 4.72 Å². The van der Waals surface area contributed by atoms with E-state index in [2.05, 4.69) is 4.72 Å². The van der Waals surface area contributed by atoms with Gasteiger partial charge in [0, 0.05) is 23.1 Å². The molecule has 0 aromatic carbocycles. The molecule has 0 amide bonds. The van der Waals surface area contributed by atoms with Crippen LogP contribution in [0.3, 0.4) is 0 Å². The molecule has 4 nitrogen and oxygen atoms in total. The lowest BCUT2D eigenvalue weighted by Crippen LogP contribution is -2.12. The van der Waals surface area contributed by atoms with E-state index in [1.165, 1.54) is 18.2 Å². The van der Waals surface area contributed by atoms with Gasteiger partial charge < -0.3 is 4.72 Å². The summed E-state index contributed by atoms with van der Waals surface area (Å²) >= 11 is 1.29. The first-order chi connectivity index (χ1) is 6.09. The number of nitrogens with one attached hydrogen (secondary N) is 1. The van der Waals surface area contributed by atoms with E-state index in [0.717, 1.165) is 0 Å². The predicted octanol–water partition coefficient (Wildman–Crippen LogP) is 1.28. The number of hydrogen-bond donors (Lipinski definition) is 1. The minimum absolute atomic E-state index is 0.120. The molecule has 0 atom stereocenters. The molecule has 0 aromatic rings. The zero-order valence-electron chi connectivity index (χ0n) is 6.27. The second-order valence-electron chi connectivity index (χ2n) is 2.37. The molecule has 1 N–H and O–H groups in total. The van der Waals surface area contributed by atoms with Gasteiger partial charge in [-0.2, -0.15) is 0 Å². The lowest BCUT2D eigenvalue weighted by molar-refractivity contribution is 0.613. The Morgan fingerprint density at radius 3 is 3.00 bits per heavy atom. The van der Waals surface area contributed by atoms with Crippen LogP contribution in [0.15, 0.2) is 35.2 Å². The standard InChI is InChI=1S/C6H5ClN2O2S2/c7-13(10,11)6-2-1-3-9-5(6)4-8-12-9/h1-4,8H. The zero-order chi connectivity index (χ0) is 9.47. The highest BCUT2D eigenvalue weighted by atomic mass is 35.7. The molecule has 7 heteroatoms. The van der Waals surface area contributed by atoms with Gasteiger partial charge in [-0.15, -0.1) is 0 Å². The van der Waals surface area contributed by atoms with Gasteiger partial charge >= 0.3 is 0 Å². The second-order valence-corrected chi connectivity index (χ2v) is 5.72. The quantitative estimate of drug-likeness (QED) is 0.549. The summed E-state index contributed by atoms with van der Waals surface area (Å²) in [5.74, 6) is 0. The van der Waals surface area contributed by atoms with Crippen LogP contribution >= 0.6 is 22.8 Å². The Hall–Kier alpha value is -0.590. The van der Waals surface area contributed by atoms with Crippen LogP contribution in [0.1, 0.15) is 0 Å². The second kappa shape index (κ2) is 2.97. The van der Waals surface area contributed by atoms with E-state index < -0.39 is 9.05 Å². The van der Waals surface area contributed by atoms with Crippen LogP contribution in [0, 0.1) is 0 Å². The number of allylic oxidation sites excluding steroid dienone is 2. The molecule has 13 heavy (non-hydrogen) atoms. The fourth-order valence-corrected chi connectivity index (χ4v) is 2.80. The number of halogens is 1. The van der Waals surface area contributed by atoms with Crippen molar-refractivity contribution in [2.24, 2.45) is 0 Å². The first kappa shape index (κ1) is 8.98. The molecule has 0 fully saturated rings. The fraction of sp³-hybridized carbons (Fsp3) is 0. The number of fused-ring (bicyclic) bond motifs is 1. The summed E-state index contributed by atoms with van der Waals surface area (Å²) in [5.41, 5.74) is 0.558. The highest BCUT2D eigenvalue weighted by molar-refractivity contribution is 8.17. The molecule has 0 saturated heterocycles. The first-order valence-electron chi connectivity index (χ1n) is 3.34. The summed E-state index contributed by atoms with van der Waals surface area (Å²) < 4.78 is 26.7. The van der Waals surface area contributed by atoms with E-state index in [1.807, 2.05) is 0 Å². The van der Waals surface area contributed by atoms with Crippen molar-refractivity contribution in [2.45, 2.75) is 0 Å². The zero-order valence-corrected chi connectivity index (χ0v) is 8.66. The van der Waals surface area contributed by atoms with Crippen LogP contribution in [0.5, 0.6) is 0 Å². The average molecular weight is 237 g/mol. The van der Waals surface area contributed by atoms with Crippen LogP contribution in [0.4, 0.5) is 0 Å². The summed E-state index contributed by atoms with van der Waals surface area (Å²) in [7, 11) is 1.58. The highest BCUT2D eigenvalue weighted by Crippen LogP contribution is 2.34. The Kier molecular flexibility index (Phi) is 2.05. The molecule has 0 aliphatic carbocycles. The molecule has 2 heterocycles. The summed E-state index contributed by atoms with van der Waals surface area (Å²) in [4.78, 5) is 0.120. The molecule has 2 rings (SSSR count). The lowest BCUT2D eigenvalue weighted by Gasteiger charge is -2.17. The van der Waals surface area contributed by atoms with Gasteiger partial charge in [-0.3, -0.25) is 4.31 Å². The van der Waals surface area contributed by atoms with E-state index in [4.69, 9.17) is 10.7 Å². The maximum absolute atomic E-state index is 11.1. The van der Waals surface area contributed by atoms with E-state index in [0.29, 0.717) is 5.70 Å². The molecule has 0 saturated carbocycles. The third-order valence-corrected chi connectivity index (χ3v) is 3.68. The molecular formula is C6H5ClN2O2S2. The Bertz CT molecular complexity index is 424. The highest BCUT2D eigenvalue weighted by Gasteiger charge is 2.27. The smallest absolute Gasteiger partial charge is 0.263 e. The Morgan fingerprint density at radius 2 is 2.31 bits per heavy atom. The van der Waals surface area contributed by atoms with Crippen LogP contribution in [0.25, 0.3) is 0 Å². The molecule has 2 aliphatic rings. The number of nitrogens with zero attached hydrogens (tertiary/aromatic N) is 1. The molecule has 0 bridgehead atoms. The molecule has 0 spiro atoms. The monoisotopic (exact) mass is 236 g/mol. The third-order valence-electron chi connectivity index (χ3n) is 1.57. The van der Waals surface area contributed by atoms with E-state index in [-0.39, 0.29) is 4.91 Å².